The lowest BCUT2D eigenvalue weighted by atomic mass is 10.0. The quantitative estimate of drug-likeness (QED) is 0.477. The second-order valence-electron chi connectivity index (χ2n) is 8.86. The molecule has 2 aromatic carbocycles. The van der Waals surface area contributed by atoms with Gasteiger partial charge < -0.3 is 15.1 Å². The fourth-order valence-corrected chi connectivity index (χ4v) is 5.08. The van der Waals surface area contributed by atoms with Crippen molar-refractivity contribution in [3.05, 3.63) is 70.3 Å². The zero-order valence-electron chi connectivity index (χ0n) is 18.9. The number of anilines is 2. The van der Waals surface area contributed by atoms with Crippen molar-refractivity contribution in [1.82, 2.24) is 19.8 Å². The second kappa shape index (κ2) is 10.3. The summed E-state index contributed by atoms with van der Waals surface area (Å²) in [6.45, 7) is 4.09. The Labute approximate surface area is 209 Å². The summed E-state index contributed by atoms with van der Waals surface area (Å²) in [5.74, 6) is 0.566. The van der Waals surface area contributed by atoms with Gasteiger partial charge in [-0.15, -0.1) is 0 Å². The van der Waals surface area contributed by atoms with Crippen molar-refractivity contribution in [1.29, 1.82) is 0 Å². The highest BCUT2D eigenvalue weighted by molar-refractivity contribution is 6.42. The molecule has 0 atom stereocenters. The van der Waals surface area contributed by atoms with E-state index in [1.807, 2.05) is 41.3 Å². The van der Waals surface area contributed by atoms with Crippen molar-refractivity contribution in [3.63, 3.8) is 0 Å². The van der Waals surface area contributed by atoms with Gasteiger partial charge in [0.25, 0.3) is 5.91 Å². The number of benzene rings is 2. The first-order valence-electron chi connectivity index (χ1n) is 11.8. The summed E-state index contributed by atoms with van der Waals surface area (Å²) in [6.07, 6.45) is 6.45. The Kier molecular flexibility index (Phi) is 6.99. The highest BCUT2D eigenvalue weighted by atomic mass is 35.5. The molecule has 0 saturated carbocycles. The fourth-order valence-electron chi connectivity index (χ4n) is 4.78. The standard InChI is InChI=1S/C26H27Cl2N5O/c27-22-8-5-19(17-23(22)28)24-9-12-29-26(31-24)30-20-6-3-18(4-7-20)25(34)33-15-10-21(11-16-33)32-13-1-2-14-32/h3-9,12,17,21H,1-2,10-11,13-16H2,(H,29,30,31). The van der Waals surface area contributed by atoms with E-state index in [9.17, 15) is 4.79 Å². The molecular formula is C26H27Cl2N5O. The Morgan fingerprint density at radius 2 is 1.65 bits per heavy atom. The van der Waals surface area contributed by atoms with Crippen LogP contribution in [0, 0.1) is 0 Å². The van der Waals surface area contributed by atoms with Crippen LogP contribution in [-0.4, -0.2) is 57.9 Å². The highest BCUT2D eigenvalue weighted by Crippen LogP contribution is 2.28. The van der Waals surface area contributed by atoms with Crippen molar-refractivity contribution in [2.45, 2.75) is 31.7 Å². The SMILES string of the molecule is O=C(c1ccc(Nc2nccc(-c3ccc(Cl)c(Cl)c3)n2)cc1)N1CCC(N2CCCC2)CC1. The lowest BCUT2D eigenvalue weighted by Crippen LogP contribution is -2.45. The molecule has 1 aromatic heterocycles. The maximum absolute atomic E-state index is 13.0. The third-order valence-corrected chi connectivity index (χ3v) is 7.41. The molecule has 2 saturated heterocycles. The molecule has 0 aliphatic carbocycles. The molecule has 2 fully saturated rings. The van der Waals surface area contributed by atoms with Gasteiger partial charge in [0.2, 0.25) is 5.95 Å². The van der Waals surface area contributed by atoms with Gasteiger partial charge in [-0.05, 0) is 81.2 Å². The van der Waals surface area contributed by atoms with Crippen molar-refractivity contribution in [2.75, 3.05) is 31.5 Å². The smallest absolute Gasteiger partial charge is 0.253 e. The zero-order valence-corrected chi connectivity index (χ0v) is 20.4. The lowest BCUT2D eigenvalue weighted by Gasteiger charge is -2.36. The molecule has 2 aliphatic heterocycles. The number of hydrogen-bond donors (Lipinski definition) is 1. The van der Waals surface area contributed by atoms with Gasteiger partial charge >= 0.3 is 0 Å². The zero-order chi connectivity index (χ0) is 23.5. The predicted molar refractivity (Wildman–Crippen MR) is 137 cm³/mol. The number of halogens is 2. The monoisotopic (exact) mass is 495 g/mol. The van der Waals surface area contributed by atoms with E-state index in [1.54, 1.807) is 18.3 Å². The van der Waals surface area contributed by atoms with Gasteiger partial charge in [-0.3, -0.25) is 4.79 Å². The Bertz CT molecular complexity index is 1160. The second-order valence-corrected chi connectivity index (χ2v) is 9.68. The van der Waals surface area contributed by atoms with Gasteiger partial charge in [-0.2, -0.15) is 0 Å². The van der Waals surface area contributed by atoms with Crippen molar-refractivity contribution < 1.29 is 4.79 Å². The molecule has 8 heteroatoms. The van der Waals surface area contributed by atoms with Crippen LogP contribution in [0.25, 0.3) is 11.3 Å². The predicted octanol–water partition coefficient (Wildman–Crippen LogP) is 5.89. The Balaban J connectivity index is 1.21. The molecule has 1 amide bonds. The number of amides is 1. The Hall–Kier alpha value is -2.67. The van der Waals surface area contributed by atoms with E-state index < -0.39 is 0 Å². The van der Waals surface area contributed by atoms with E-state index >= 15 is 0 Å². The molecule has 0 spiro atoms. The van der Waals surface area contributed by atoms with Gasteiger partial charge in [-0.1, -0.05) is 29.3 Å². The van der Waals surface area contributed by atoms with E-state index in [1.165, 1.54) is 25.9 Å². The van der Waals surface area contributed by atoms with Crippen molar-refractivity contribution in [2.24, 2.45) is 0 Å². The van der Waals surface area contributed by atoms with Gasteiger partial charge in [0, 0.05) is 42.1 Å². The van der Waals surface area contributed by atoms with E-state index in [-0.39, 0.29) is 5.91 Å². The van der Waals surface area contributed by atoms with Crippen molar-refractivity contribution in [3.8, 4) is 11.3 Å². The molecule has 0 unspecified atom stereocenters. The van der Waals surface area contributed by atoms with Crippen molar-refractivity contribution >= 4 is 40.7 Å². The average Bonchev–Trinajstić information content (AvgIpc) is 3.41. The molecule has 5 rings (SSSR count). The number of carbonyl (C=O) groups is 1. The van der Waals surface area contributed by atoms with Crippen LogP contribution in [-0.2, 0) is 0 Å². The fraction of sp³-hybridized carbons (Fsp3) is 0.346. The van der Waals surface area contributed by atoms with Gasteiger partial charge in [0.15, 0.2) is 0 Å². The van der Waals surface area contributed by atoms with Crippen LogP contribution in [0.5, 0.6) is 0 Å². The Morgan fingerprint density at radius 1 is 0.912 bits per heavy atom. The van der Waals surface area contributed by atoms with Crippen LogP contribution in [0.3, 0.4) is 0 Å². The normalized spacial score (nSPS) is 17.2. The van der Waals surface area contributed by atoms with Crippen LogP contribution >= 0.6 is 23.2 Å². The van der Waals surface area contributed by atoms with Crippen LogP contribution in [0.15, 0.2) is 54.7 Å². The molecule has 0 bridgehead atoms. The third kappa shape index (κ3) is 5.19. The maximum atomic E-state index is 13.0. The minimum Gasteiger partial charge on any atom is -0.339 e. The Morgan fingerprint density at radius 3 is 2.35 bits per heavy atom. The van der Waals surface area contributed by atoms with Crippen LogP contribution in [0.2, 0.25) is 10.0 Å². The number of hydrogen-bond acceptors (Lipinski definition) is 5. The summed E-state index contributed by atoms with van der Waals surface area (Å²) in [4.78, 5) is 26.5. The lowest BCUT2D eigenvalue weighted by molar-refractivity contribution is 0.0644. The summed E-state index contributed by atoms with van der Waals surface area (Å²) in [5, 5.41) is 4.19. The highest BCUT2D eigenvalue weighted by Gasteiger charge is 2.28. The van der Waals surface area contributed by atoms with Crippen LogP contribution in [0.1, 0.15) is 36.0 Å². The number of aromatic nitrogens is 2. The van der Waals surface area contributed by atoms with Crippen LogP contribution in [0.4, 0.5) is 11.6 Å². The number of rotatable bonds is 5. The molecule has 2 aliphatic rings. The number of nitrogens with zero attached hydrogens (tertiary/aromatic N) is 4. The van der Waals surface area contributed by atoms with E-state index in [0.29, 0.717) is 27.6 Å². The van der Waals surface area contributed by atoms with Crippen LogP contribution < -0.4 is 5.32 Å². The number of piperidine rings is 1. The number of carbonyl (C=O) groups excluding carboxylic acids is 1. The van der Waals surface area contributed by atoms with E-state index in [4.69, 9.17) is 23.2 Å². The number of likely N-dealkylation sites (tertiary alicyclic amines) is 2. The summed E-state index contributed by atoms with van der Waals surface area (Å²) >= 11 is 12.2. The van der Waals surface area contributed by atoms with E-state index in [0.717, 1.165) is 42.9 Å². The first-order valence-corrected chi connectivity index (χ1v) is 12.5. The topological polar surface area (TPSA) is 61.4 Å². The first kappa shape index (κ1) is 23.1. The maximum Gasteiger partial charge on any atom is 0.253 e. The van der Waals surface area contributed by atoms with Gasteiger partial charge in [-0.25, -0.2) is 9.97 Å². The molecule has 1 N–H and O–H groups in total. The minimum atomic E-state index is 0.101. The average molecular weight is 496 g/mol. The molecule has 34 heavy (non-hydrogen) atoms. The molecule has 3 aromatic rings. The molecular weight excluding hydrogens is 469 g/mol. The largest absolute Gasteiger partial charge is 0.339 e. The summed E-state index contributed by atoms with van der Waals surface area (Å²) in [5.41, 5.74) is 3.11. The summed E-state index contributed by atoms with van der Waals surface area (Å²) in [6, 6.07) is 15.4. The van der Waals surface area contributed by atoms with Gasteiger partial charge in [0.1, 0.15) is 0 Å². The van der Waals surface area contributed by atoms with E-state index in [2.05, 4.69) is 20.2 Å². The molecule has 0 radical (unpaired) electrons. The number of nitrogens with one attached hydrogen (secondary N) is 1. The molecule has 176 valence electrons. The third-order valence-electron chi connectivity index (χ3n) is 6.67. The van der Waals surface area contributed by atoms with Gasteiger partial charge in [0.05, 0.1) is 15.7 Å². The molecule has 3 heterocycles. The summed E-state index contributed by atoms with van der Waals surface area (Å²) < 4.78 is 0. The molecule has 6 nitrogen and oxygen atoms in total. The summed E-state index contributed by atoms with van der Waals surface area (Å²) in [7, 11) is 0. The first-order chi connectivity index (χ1) is 16.6. The minimum absolute atomic E-state index is 0.101.